The highest BCUT2D eigenvalue weighted by molar-refractivity contribution is 5.76. The Kier molecular flexibility index (Phi) is 2.88. The lowest BCUT2D eigenvalue weighted by molar-refractivity contribution is -0.111. The van der Waals surface area contributed by atoms with Crippen molar-refractivity contribution in [3.63, 3.8) is 0 Å². The Morgan fingerprint density at radius 1 is 1.25 bits per heavy atom. The molecule has 3 nitrogen and oxygen atoms in total. The summed E-state index contributed by atoms with van der Waals surface area (Å²) < 4.78 is 0. The van der Waals surface area contributed by atoms with E-state index in [2.05, 4.69) is 0 Å². The number of carbonyl (C=O) groups is 1. The van der Waals surface area contributed by atoms with Crippen LogP contribution in [-0.2, 0) is 4.79 Å². The van der Waals surface area contributed by atoms with Crippen molar-refractivity contribution in [1.82, 2.24) is 5.84 Å². The number of hydrogen-bond acceptors (Lipinski definition) is 2. The molecule has 0 saturated carbocycles. The molecule has 1 atom stereocenters. The van der Waals surface area contributed by atoms with Crippen LogP contribution in [-0.4, -0.2) is 11.8 Å². The normalized spacial score (nSPS) is 23.1. The fourth-order valence-corrected chi connectivity index (χ4v) is 1.73. The molecule has 0 spiro atoms. The van der Waals surface area contributed by atoms with Crippen molar-refractivity contribution in [2.24, 2.45) is 0 Å². The van der Waals surface area contributed by atoms with Gasteiger partial charge in [-0.15, -0.1) is 0 Å². The molecule has 0 fully saturated rings. The lowest BCUT2D eigenvalue weighted by atomic mass is 9.91. The van der Waals surface area contributed by atoms with Gasteiger partial charge in [0.2, 0.25) is 0 Å². The molecule has 1 aliphatic rings. The van der Waals surface area contributed by atoms with Gasteiger partial charge in [0.25, 0.3) is 0 Å². The second kappa shape index (κ2) is 4.33. The van der Waals surface area contributed by atoms with Crippen LogP contribution < -0.4 is 10.9 Å². The van der Waals surface area contributed by atoms with E-state index in [4.69, 9.17) is 0 Å². The van der Waals surface area contributed by atoms with Crippen LogP contribution in [0.1, 0.15) is 6.42 Å². The van der Waals surface area contributed by atoms with E-state index < -0.39 is 5.54 Å². The fraction of sp³-hybridized carbons (Fsp3) is 0.154. The minimum absolute atomic E-state index is 0.471. The standard InChI is InChI=1S/C13H12N2O/c14-15(12-7-3-1-4-8-12)13(11-16)9-5-2-6-10-13/h1-9,11H,10H2. The van der Waals surface area contributed by atoms with Gasteiger partial charge in [-0.05, 0) is 18.0 Å². The first kappa shape index (κ1) is 10.6. The second-order valence-corrected chi connectivity index (χ2v) is 3.75. The van der Waals surface area contributed by atoms with Crippen molar-refractivity contribution in [1.29, 1.82) is 0 Å². The van der Waals surface area contributed by atoms with Crippen molar-refractivity contribution in [3.05, 3.63) is 54.6 Å². The summed E-state index contributed by atoms with van der Waals surface area (Å²) in [6.45, 7) is 0. The van der Waals surface area contributed by atoms with Gasteiger partial charge in [-0.1, -0.05) is 42.5 Å². The molecule has 0 saturated heterocycles. The number of hydrogen-bond donors (Lipinski definition) is 0. The van der Waals surface area contributed by atoms with Gasteiger partial charge in [0.1, 0.15) is 5.54 Å². The average molecular weight is 212 g/mol. The number of para-hydroxylation sites is 1. The zero-order chi connectivity index (χ0) is 11.4. The van der Waals surface area contributed by atoms with Crippen molar-refractivity contribution in [2.45, 2.75) is 12.0 Å². The first-order valence-electron chi connectivity index (χ1n) is 5.13. The number of allylic oxidation sites excluding steroid dienone is 2. The summed E-state index contributed by atoms with van der Waals surface area (Å²) in [6.07, 6.45) is 8.43. The van der Waals surface area contributed by atoms with E-state index in [9.17, 15) is 10.6 Å². The Bertz CT molecular complexity index is 425. The third-order valence-electron chi connectivity index (χ3n) is 2.68. The maximum Gasteiger partial charge on any atom is 0.151 e. The first-order chi connectivity index (χ1) is 7.78. The van der Waals surface area contributed by atoms with Crippen LogP contribution in [0.5, 0.6) is 0 Å². The van der Waals surface area contributed by atoms with Gasteiger partial charge < -0.3 is 4.79 Å². The number of carbonyl (C=O) groups excluding carboxylic acids is 1. The molecule has 3 heteroatoms. The topological polar surface area (TPSA) is 42.6 Å². The summed E-state index contributed by atoms with van der Waals surface area (Å²) in [5, 5.41) is 1.01. The van der Waals surface area contributed by atoms with Crippen LogP contribution in [0.3, 0.4) is 0 Å². The molecule has 1 unspecified atom stereocenters. The number of aldehydes is 1. The molecule has 80 valence electrons. The zero-order valence-electron chi connectivity index (χ0n) is 8.78. The van der Waals surface area contributed by atoms with Crippen LogP contribution >= 0.6 is 0 Å². The van der Waals surface area contributed by atoms with E-state index >= 15 is 0 Å². The minimum Gasteiger partial charge on any atom is -0.300 e. The summed E-state index contributed by atoms with van der Waals surface area (Å²) in [6, 6.07) is 9.02. The van der Waals surface area contributed by atoms with Crippen LogP contribution in [0, 0.1) is 0 Å². The van der Waals surface area contributed by atoms with E-state index in [0.717, 1.165) is 11.3 Å². The van der Waals surface area contributed by atoms with E-state index in [1.54, 1.807) is 24.3 Å². The van der Waals surface area contributed by atoms with Crippen LogP contribution in [0.25, 0.3) is 0 Å². The zero-order valence-corrected chi connectivity index (χ0v) is 8.78. The smallest absolute Gasteiger partial charge is 0.151 e. The molecular weight excluding hydrogens is 200 g/mol. The second-order valence-electron chi connectivity index (χ2n) is 3.75. The maximum absolute atomic E-state index is 11.2. The Morgan fingerprint density at radius 2 is 2.00 bits per heavy atom. The predicted molar refractivity (Wildman–Crippen MR) is 62.7 cm³/mol. The Morgan fingerprint density at radius 3 is 2.56 bits per heavy atom. The monoisotopic (exact) mass is 212 g/mol. The summed E-state index contributed by atoms with van der Waals surface area (Å²) in [5.74, 6) is 10.1. The van der Waals surface area contributed by atoms with E-state index in [-0.39, 0.29) is 0 Å². The van der Waals surface area contributed by atoms with Crippen LogP contribution in [0.4, 0.5) is 5.69 Å². The molecule has 0 aromatic heterocycles. The van der Waals surface area contributed by atoms with Crippen LogP contribution in [0.15, 0.2) is 54.6 Å². The Balaban J connectivity index is 2.32. The predicted octanol–water partition coefficient (Wildman–Crippen LogP) is 1.93. The van der Waals surface area contributed by atoms with Gasteiger partial charge in [-0.25, -0.2) is 0 Å². The van der Waals surface area contributed by atoms with Crippen molar-refractivity contribution in [2.75, 3.05) is 5.01 Å². The third kappa shape index (κ3) is 1.77. The highest BCUT2D eigenvalue weighted by atomic mass is 16.1. The van der Waals surface area contributed by atoms with Gasteiger partial charge in [0.05, 0.1) is 5.69 Å². The van der Waals surface area contributed by atoms with Gasteiger partial charge in [-0.3, -0.25) is 5.01 Å². The summed E-state index contributed by atoms with van der Waals surface area (Å²) in [4.78, 5) is 11.2. The number of anilines is 1. The minimum atomic E-state index is -0.976. The molecule has 1 aromatic carbocycles. The van der Waals surface area contributed by atoms with E-state index in [0.29, 0.717) is 12.1 Å². The lowest BCUT2D eigenvalue weighted by Crippen LogP contribution is -2.48. The molecule has 2 rings (SSSR count). The number of rotatable bonds is 3. The summed E-state index contributed by atoms with van der Waals surface area (Å²) >= 11 is 0. The molecule has 0 bridgehead atoms. The fourth-order valence-electron chi connectivity index (χ4n) is 1.73. The molecule has 1 aromatic rings. The van der Waals surface area contributed by atoms with Crippen LogP contribution in [0.2, 0.25) is 0 Å². The summed E-state index contributed by atoms with van der Waals surface area (Å²) in [7, 11) is 0. The molecule has 0 amide bonds. The molecule has 16 heavy (non-hydrogen) atoms. The largest absolute Gasteiger partial charge is 0.300 e. The van der Waals surface area contributed by atoms with Gasteiger partial charge in [0, 0.05) is 6.42 Å². The summed E-state index contributed by atoms with van der Waals surface area (Å²) in [5.41, 5.74) is -0.370. The molecule has 0 N–H and O–H groups in total. The SMILES string of the molecule is [N]N(c1ccccc1)C1(C=O)C=CC=CC1. The Hall–Kier alpha value is -1.87. The van der Waals surface area contributed by atoms with Crippen molar-refractivity contribution in [3.8, 4) is 0 Å². The highest BCUT2D eigenvalue weighted by Gasteiger charge is 2.33. The molecule has 0 aliphatic heterocycles. The lowest BCUT2D eigenvalue weighted by Gasteiger charge is -2.33. The van der Waals surface area contributed by atoms with E-state index in [1.165, 1.54) is 0 Å². The average Bonchev–Trinajstić information content (AvgIpc) is 2.39. The molecule has 2 radical (unpaired) electrons. The first-order valence-corrected chi connectivity index (χ1v) is 5.13. The van der Waals surface area contributed by atoms with Crippen molar-refractivity contribution >= 4 is 12.0 Å². The van der Waals surface area contributed by atoms with Gasteiger partial charge >= 0.3 is 0 Å². The molecule has 0 heterocycles. The van der Waals surface area contributed by atoms with Crippen molar-refractivity contribution < 1.29 is 4.79 Å². The third-order valence-corrected chi connectivity index (χ3v) is 2.68. The molecule has 1 aliphatic carbocycles. The quantitative estimate of drug-likeness (QED) is 0.567. The molecular formula is C13H12N2O. The Labute approximate surface area is 94.8 Å². The maximum atomic E-state index is 11.2. The van der Waals surface area contributed by atoms with Gasteiger partial charge in [-0.2, -0.15) is 0 Å². The van der Waals surface area contributed by atoms with E-state index in [1.807, 2.05) is 30.4 Å². The highest BCUT2D eigenvalue weighted by Crippen LogP contribution is 2.26. The van der Waals surface area contributed by atoms with Gasteiger partial charge in [0.15, 0.2) is 6.29 Å². The number of nitrogens with zero attached hydrogens (tertiary/aromatic N) is 2. The number of benzene rings is 1.